The monoisotopic (exact) mass is 518 g/mol. The molecule has 0 aliphatic rings. The molecule has 0 bridgehead atoms. The average Bonchev–Trinajstić information content (AvgIpc) is 2.87. The molecule has 35 heavy (non-hydrogen) atoms. The van der Waals surface area contributed by atoms with Crippen molar-refractivity contribution in [2.75, 3.05) is 0 Å². The van der Waals surface area contributed by atoms with Crippen LogP contribution in [0.25, 0.3) is 0 Å². The van der Waals surface area contributed by atoms with E-state index in [2.05, 4.69) is 77.9 Å². The van der Waals surface area contributed by atoms with Crippen molar-refractivity contribution in [3.05, 3.63) is 58.7 Å². The van der Waals surface area contributed by atoms with Gasteiger partial charge in [-0.2, -0.15) is 0 Å². The van der Waals surface area contributed by atoms with Crippen molar-refractivity contribution in [3.63, 3.8) is 0 Å². The van der Waals surface area contributed by atoms with E-state index in [0.717, 1.165) is 56.3 Å². The third kappa shape index (κ3) is 10.8. The Labute approximate surface area is 226 Å². The zero-order valence-corrected chi connectivity index (χ0v) is 24.1. The fraction of sp³-hybridized carbons (Fsp3) is 0.562. The SMILES string of the molecule is CCCCCCC(=Nc1cc(CC)cc(CC)c1)C(CCCC)=Nc1cc(CC)cc(CC)c1.[Ni]. The predicted molar refractivity (Wildman–Crippen MR) is 153 cm³/mol. The summed E-state index contributed by atoms with van der Waals surface area (Å²) in [6.07, 6.45) is 13.5. The Balaban J connectivity index is 0.00000612. The number of benzene rings is 2. The van der Waals surface area contributed by atoms with Crippen LogP contribution in [0.1, 0.15) is 115 Å². The summed E-state index contributed by atoms with van der Waals surface area (Å²) >= 11 is 0. The van der Waals surface area contributed by atoms with E-state index < -0.39 is 0 Å². The fourth-order valence-electron chi connectivity index (χ4n) is 4.34. The number of aryl methyl sites for hydroxylation is 4. The van der Waals surface area contributed by atoms with Crippen LogP contribution >= 0.6 is 0 Å². The van der Waals surface area contributed by atoms with Crippen LogP contribution in [0.15, 0.2) is 46.4 Å². The molecule has 0 aromatic heterocycles. The number of nitrogens with zero attached hydrogens (tertiary/aromatic N) is 2. The molecule has 3 heteroatoms. The molecule has 2 aromatic rings. The smallest absolute Gasteiger partial charge is 0.0639 e. The van der Waals surface area contributed by atoms with Crippen LogP contribution in [0, 0.1) is 0 Å². The van der Waals surface area contributed by atoms with Crippen LogP contribution in [-0.4, -0.2) is 11.4 Å². The summed E-state index contributed by atoms with van der Waals surface area (Å²) in [6, 6.07) is 13.7. The summed E-state index contributed by atoms with van der Waals surface area (Å²) in [7, 11) is 0. The van der Waals surface area contributed by atoms with Gasteiger partial charge in [-0.1, -0.05) is 79.4 Å². The van der Waals surface area contributed by atoms with Gasteiger partial charge < -0.3 is 0 Å². The second kappa shape index (κ2) is 17.7. The van der Waals surface area contributed by atoms with E-state index in [9.17, 15) is 0 Å². The first-order valence-electron chi connectivity index (χ1n) is 14.0. The Bertz CT molecular complexity index is 898. The molecule has 196 valence electrons. The van der Waals surface area contributed by atoms with Crippen molar-refractivity contribution in [2.24, 2.45) is 9.98 Å². The van der Waals surface area contributed by atoms with Crippen LogP contribution in [0.2, 0.25) is 0 Å². The Morgan fingerprint density at radius 3 is 1.20 bits per heavy atom. The number of rotatable bonds is 15. The molecule has 0 heterocycles. The van der Waals surface area contributed by atoms with Gasteiger partial charge in [-0.05, 0) is 97.9 Å². The van der Waals surface area contributed by atoms with Crippen LogP contribution in [-0.2, 0) is 42.2 Å². The van der Waals surface area contributed by atoms with Gasteiger partial charge in [-0.15, -0.1) is 0 Å². The molecule has 0 aliphatic carbocycles. The molecular weight excluding hydrogens is 471 g/mol. The third-order valence-corrected chi connectivity index (χ3v) is 6.60. The maximum atomic E-state index is 5.29. The normalized spacial score (nSPS) is 12.1. The number of aliphatic imine (C=N–C) groups is 2. The minimum Gasteiger partial charge on any atom is -0.252 e. The summed E-state index contributed by atoms with van der Waals surface area (Å²) in [5, 5.41) is 0. The predicted octanol–water partition coefficient (Wildman–Crippen LogP) is 9.94. The molecule has 0 saturated heterocycles. The van der Waals surface area contributed by atoms with Crippen molar-refractivity contribution < 1.29 is 16.5 Å². The van der Waals surface area contributed by atoms with Crippen LogP contribution in [0.3, 0.4) is 0 Å². The van der Waals surface area contributed by atoms with E-state index in [4.69, 9.17) is 9.98 Å². The largest absolute Gasteiger partial charge is 0.252 e. The molecule has 0 saturated carbocycles. The summed E-state index contributed by atoms with van der Waals surface area (Å²) < 4.78 is 0. The molecular formula is C32H48N2Ni. The van der Waals surface area contributed by atoms with Crippen molar-refractivity contribution in [1.29, 1.82) is 0 Å². The van der Waals surface area contributed by atoms with Crippen molar-refractivity contribution in [2.45, 2.75) is 119 Å². The number of unbranched alkanes of at least 4 members (excludes halogenated alkanes) is 4. The molecule has 2 rings (SSSR count). The molecule has 0 amide bonds. The number of hydrogen-bond donors (Lipinski definition) is 0. The van der Waals surface area contributed by atoms with Gasteiger partial charge >= 0.3 is 0 Å². The van der Waals surface area contributed by atoms with E-state index in [-0.39, 0.29) is 16.5 Å². The van der Waals surface area contributed by atoms with E-state index in [1.54, 1.807) is 0 Å². The summed E-state index contributed by atoms with van der Waals surface area (Å²) in [4.78, 5) is 10.6. The Morgan fingerprint density at radius 1 is 0.486 bits per heavy atom. The van der Waals surface area contributed by atoms with E-state index in [0.29, 0.717) is 0 Å². The molecule has 0 fully saturated rings. The molecule has 0 radical (unpaired) electrons. The second-order valence-corrected chi connectivity index (χ2v) is 9.46. The van der Waals surface area contributed by atoms with Gasteiger partial charge in [0.1, 0.15) is 0 Å². The first kappa shape index (κ1) is 31.3. The average molecular weight is 519 g/mol. The molecule has 2 nitrogen and oxygen atoms in total. The van der Waals surface area contributed by atoms with Crippen molar-refractivity contribution >= 4 is 22.8 Å². The minimum absolute atomic E-state index is 0. The number of hydrogen-bond acceptors (Lipinski definition) is 2. The maximum absolute atomic E-state index is 5.29. The first-order valence-corrected chi connectivity index (χ1v) is 14.0. The molecule has 2 aromatic carbocycles. The van der Waals surface area contributed by atoms with E-state index in [1.165, 1.54) is 65.8 Å². The zero-order valence-electron chi connectivity index (χ0n) is 23.2. The standard InChI is InChI=1S/C32H48N2.Ni/c1-7-13-15-16-18-32(34-30-23-27(11-5)20-28(12-6)24-30)31(17-14-8-2)33-29-21-25(9-3)19-26(10-4)22-29;/h19-24H,7-18H2,1-6H3;. The first-order chi connectivity index (χ1) is 16.6. The Morgan fingerprint density at radius 2 is 0.857 bits per heavy atom. The van der Waals surface area contributed by atoms with Crippen molar-refractivity contribution in [1.82, 2.24) is 0 Å². The summed E-state index contributed by atoms with van der Waals surface area (Å²) in [5.41, 5.74) is 10.1. The van der Waals surface area contributed by atoms with Gasteiger partial charge in [-0.25, -0.2) is 0 Å². The third-order valence-electron chi connectivity index (χ3n) is 6.60. The van der Waals surface area contributed by atoms with Gasteiger partial charge in [0, 0.05) is 16.5 Å². The van der Waals surface area contributed by atoms with Crippen LogP contribution in [0.5, 0.6) is 0 Å². The molecule has 0 atom stereocenters. The van der Waals surface area contributed by atoms with Crippen LogP contribution in [0.4, 0.5) is 11.4 Å². The minimum atomic E-state index is 0. The van der Waals surface area contributed by atoms with Gasteiger partial charge in [0.05, 0.1) is 22.8 Å². The van der Waals surface area contributed by atoms with Gasteiger partial charge in [-0.3, -0.25) is 9.98 Å². The van der Waals surface area contributed by atoms with Gasteiger partial charge in [0.25, 0.3) is 0 Å². The second-order valence-electron chi connectivity index (χ2n) is 9.46. The molecule has 0 spiro atoms. The topological polar surface area (TPSA) is 24.7 Å². The maximum Gasteiger partial charge on any atom is 0.0639 e. The summed E-state index contributed by atoms with van der Waals surface area (Å²) in [6.45, 7) is 13.5. The summed E-state index contributed by atoms with van der Waals surface area (Å²) in [5.74, 6) is 0. The molecule has 0 aliphatic heterocycles. The Kier molecular flexibility index (Phi) is 15.8. The van der Waals surface area contributed by atoms with E-state index in [1.807, 2.05) is 0 Å². The van der Waals surface area contributed by atoms with E-state index >= 15 is 0 Å². The fourth-order valence-corrected chi connectivity index (χ4v) is 4.34. The molecule has 0 N–H and O–H groups in total. The van der Waals surface area contributed by atoms with Gasteiger partial charge in [0.15, 0.2) is 0 Å². The zero-order chi connectivity index (χ0) is 24.8. The quantitative estimate of drug-likeness (QED) is 0.127. The van der Waals surface area contributed by atoms with Gasteiger partial charge in [0.2, 0.25) is 0 Å². The van der Waals surface area contributed by atoms with Crippen molar-refractivity contribution in [3.8, 4) is 0 Å². The molecule has 0 unspecified atom stereocenters. The Hall–Kier alpha value is -1.73. The van der Waals surface area contributed by atoms with Crippen LogP contribution < -0.4 is 0 Å².